The van der Waals surface area contributed by atoms with E-state index in [4.69, 9.17) is 9.15 Å². The minimum Gasteiger partial charge on any atom is -0.497 e. The van der Waals surface area contributed by atoms with Gasteiger partial charge in [-0.05, 0) is 47.4 Å². The van der Waals surface area contributed by atoms with E-state index in [2.05, 4.69) is 20.8 Å². The molecule has 0 N–H and O–H groups in total. The van der Waals surface area contributed by atoms with Gasteiger partial charge in [0.1, 0.15) is 5.75 Å². The molecule has 0 saturated heterocycles. The number of benzene rings is 2. The second kappa shape index (κ2) is 5.67. The fourth-order valence-electron chi connectivity index (χ4n) is 2.54. The molecular formula is C19H19NO4. The molecule has 0 saturated carbocycles. The number of aromatic nitrogens is 1. The van der Waals surface area contributed by atoms with Gasteiger partial charge < -0.3 is 9.15 Å². The summed E-state index contributed by atoms with van der Waals surface area (Å²) in [5.41, 5.74) is 2.19. The van der Waals surface area contributed by atoms with E-state index in [0.29, 0.717) is 22.4 Å². The van der Waals surface area contributed by atoms with Crippen LogP contribution in [0.3, 0.4) is 0 Å². The van der Waals surface area contributed by atoms with Crippen molar-refractivity contribution in [2.24, 2.45) is 0 Å². The van der Waals surface area contributed by atoms with Crippen LogP contribution in [0.25, 0.3) is 11.1 Å². The van der Waals surface area contributed by atoms with E-state index >= 15 is 0 Å². The Balaban J connectivity index is 2.15. The lowest BCUT2D eigenvalue weighted by atomic mass is 9.87. The summed E-state index contributed by atoms with van der Waals surface area (Å²) in [5, 5.41) is 0. The van der Waals surface area contributed by atoms with Crippen molar-refractivity contribution in [3.8, 4) is 5.75 Å². The fraction of sp³-hybridized carbons (Fsp3) is 0.263. The highest BCUT2D eigenvalue weighted by atomic mass is 16.5. The maximum atomic E-state index is 12.8. The van der Waals surface area contributed by atoms with Crippen LogP contribution in [0.5, 0.6) is 5.75 Å². The molecule has 0 amide bonds. The number of hydrogen-bond acceptors (Lipinski definition) is 4. The largest absolute Gasteiger partial charge is 0.497 e. The molecule has 3 rings (SSSR count). The number of oxazole rings is 1. The van der Waals surface area contributed by atoms with Crippen molar-refractivity contribution in [1.29, 1.82) is 0 Å². The van der Waals surface area contributed by atoms with Crippen LogP contribution in [-0.4, -0.2) is 17.6 Å². The minimum atomic E-state index is -0.683. The van der Waals surface area contributed by atoms with Crippen molar-refractivity contribution < 1.29 is 13.9 Å². The Bertz CT molecular complexity index is 956. The number of methoxy groups -OCH3 is 1. The third-order valence-electron chi connectivity index (χ3n) is 3.99. The summed E-state index contributed by atoms with van der Waals surface area (Å²) in [6.07, 6.45) is 0. The highest BCUT2D eigenvalue weighted by Gasteiger charge is 2.21. The van der Waals surface area contributed by atoms with E-state index in [1.165, 1.54) is 0 Å². The van der Waals surface area contributed by atoms with Gasteiger partial charge in [-0.3, -0.25) is 4.79 Å². The lowest BCUT2D eigenvalue weighted by molar-refractivity contribution is 0.0956. The van der Waals surface area contributed by atoms with Crippen LogP contribution in [0, 0.1) is 0 Å². The molecule has 1 heterocycles. The molecule has 0 radical (unpaired) electrons. The van der Waals surface area contributed by atoms with E-state index < -0.39 is 11.7 Å². The van der Waals surface area contributed by atoms with Gasteiger partial charge in [-0.2, -0.15) is 0 Å². The van der Waals surface area contributed by atoms with E-state index in [0.717, 1.165) is 10.1 Å². The average molecular weight is 325 g/mol. The van der Waals surface area contributed by atoms with Gasteiger partial charge >= 0.3 is 5.76 Å². The number of rotatable bonds is 2. The lowest BCUT2D eigenvalue weighted by Gasteiger charge is -2.18. The first kappa shape index (κ1) is 16.1. The number of carbonyl (C=O) groups excluding carboxylic acids is 1. The number of carbonyl (C=O) groups is 1. The molecule has 0 unspecified atom stereocenters. The molecule has 0 atom stereocenters. The maximum Gasteiger partial charge on any atom is 0.427 e. The summed E-state index contributed by atoms with van der Waals surface area (Å²) >= 11 is 0. The Morgan fingerprint density at radius 1 is 1.08 bits per heavy atom. The third-order valence-corrected chi connectivity index (χ3v) is 3.99. The van der Waals surface area contributed by atoms with Crippen LogP contribution in [0.1, 0.15) is 36.7 Å². The molecule has 0 fully saturated rings. The van der Waals surface area contributed by atoms with Crippen LogP contribution in [0.15, 0.2) is 51.7 Å². The molecule has 5 nitrogen and oxygen atoms in total. The minimum absolute atomic E-state index is 0.102. The summed E-state index contributed by atoms with van der Waals surface area (Å²) in [5.74, 6) is -0.463. The SMILES string of the molecule is COc1ccc(C(=O)n2c(=O)oc3ccc(C(C)(C)C)cc32)cc1. The lowest BCUT2D eigenvalue weighted by Crippen LogP contribution is -2.23. The Morgan fingerprint density at radius 3 is 2.33 bits per heavy atom. The van der Waals surface area contributed by atoms with Crippen molar-refractivity contribution in [2.45, 2.75) is 26.2 Å². The summed E-state index contributed by atoms with van der Waals surface area (Å²) in [6.45, 7) is 6.21. The van der Waals surface area contributed by atoms with Crippen molar-refractivity contribution in [3.05, 3.63) is 64.1 Å². The zero-order chi connectivity index (χ0) is 17.5. The Morgan fingerprint density at radius 2 is 1.75 bits per heavy atom. The van der Waals surface area contributed by atoms with Gasteiger partial charge in [0.25, 0.3) is 5.91 Å². The summed E-state index contributed by atoms with van der Waals surface area (Å²) in [4.78, 5) is 25.0. The zero-order valence-corrected chi connectivity index (χ0v) is 14.1. The smallest absolute Gasteiger partial charge is 0.427 e. The molecule has 1 aromatic heterocycles. The summed E-state index contributed by atoms with van der Waals surface area (Å²) in [7, 11) is 1.55. The first-order valence-electron chi connectivity index (χ1n) is 7.66. The van der Waals surface area contributed by atoms with Crippen molar-refractivity contribution >= 4 is 17.0 Å². The van der Waals surface area contributed by atoms with Crippen molar-refractivity contribution in [3.63, 3.8) is 0 Å². The molecule has 0 aliphatic heterocycles. The van der Waals surface area contributed by atoms with Gasteiger partial charge in [0, 0.05) is 5.56 Å². The number of fused-ring (bicyclic) bond motifs is 1. The summed E-state index contributed by atoms with van der Waals surface area (Å²) < 4.78 is 11.4. The third kappa shape index (κ3) is 2.73. The molecule has 5 heteroatoms. The highest BCUT2D eigenvalue weighted by Crippen LogP contribution is 2.26. The molecule has 0 bridgehead atoms. The van der Waals surface area contributed by atoms with Crippen LogP contribution < -0.4 is 10.5 Å². The first-order valence-corrected chi connectivity index (χ1v) is 7.66. The van der Waals surface area contributed by atoms with Gasteiger partial charge in [0.2, 0.25) is 0 Å². The number of hydrogen-bond donors (Lipinski definition) is 0. The van der Waals surface area contributed by atoms with Gasteiger partial charge in [-0.1, -0.05) is 26.8 Å². The Kier molecular flexibility index (Phi) is 3.79. The second-order valence-corrected chi connectivity index (χ2v) is 6.67. The van der Waals surface area contributed by atoms with E-state index in [-0.39, 0.29) is 5.41 Å². The first-order chi connectivity index (χ1) is 11.3. The van der Waals surface area contributed by atoms with Crippen molar-refractivity contribution in [1.82, 2.24) is 4.57 Å². The van der Waals surface area contributed by atoms with Gasteiger partial charge in [0.05, 0.1) is 12.6 Å². The van der Waals surface area contributed by atoms with Crippen LogP contribution in [-0.2, 0) is 5.41 Å². The Hall–Kier alpha value is -2.82. The molecule has 0 aliphatic carbocycles. The summed E-state index contributed by atoms with van der Waals surface area (Å²) in [6, 6.07) is 12.1. The highest BCUT2D eigenvalue weighted by molar-refractivity contribution is 6.00. The van der Waals surface area contributed by atoms with Gasteiger partial charge in [-0.15, -0.1) is 0 Å². The zero-order valence-electron chi connectivity index (χ0n) is 14.1. The maximum absolute atomic E-state index is 12.8. The average Bonchev–Trinajstić information content (AvgIpc) is 2.88. The second-order valence-electron chi connectivity index (χ2n) is 6.67. The quantitative estimate of drug-likeness (QED) is 0.722. The van der Waals surface area contributed by atoms with Crippen LogP contribution >= 0.6 is 0 Å². The standard InChI is InChI=1S/C19H19NO4/c1-19(2,3)13-7-10-16-15(11-13)20(18(22)24-16)17(21)12-5-8-14(23-4)9-6-12/h5-11H,1-4H3. The predicted molar refractivity (Wildman–Crippen MR) is 91.9 cm³/mol. The molecule has 3 aromatic rings. The van der Waals surface area contributed by atoms with Crippen LogP contribution in [0.4, 0.5) is 0 Å². The molecule has 24 heavy (non-hydrogen) atoms. The Labute approximate surface area is 139 Å². The topological polar surface area (TPSA) is 61.4 Å². The normalized spacial score (nSPS) is 11.7. The number of ether oxygens (including phenoxy) is 1. The van der Waals surface area contributed by atoms with Crippen LogP contribution in [0.2, 0.25) is 0 Å². The predicted octanol–water partition coefficient (Wildman–Crippen LogP) is 3.59. The van der Waals surface area contributed by atoms with E-state index in [1.54, 1.807) is 37.4 Å². The fourth-order valence-corrected chi connectivity index (χ4v) is 2.54. The van der Waals surface area contributed by atoms with Gasteiger partial charge in [0.15, 0.2) is 5.58 Å². The monoisotopic (exact) mass is 325 g/mol. The van der Waals surface area contributed by atoms with Crippen molar-refractivity contribution in [2.75, 3.05) is 7.11 Å². The molecule has 124 valence electrons. The molecule has 0 aliphatic rings. The molecule has 0 spiro atoms. The molecule has 2 aromatic carbocycles. The van der Waals surface area contributed by atoms with Gasteiger partial charge in [-0.25, -0.2) is 9.36 Å². The molecular weight excluding hydrogens is 306 g/mol. The van der Waals surface area contributed by atoms with E-state index in [9.17, 15) is 9.59 Å². The van der Waals surface area contributed by atoms with E-state index in [1.807, 2.05) is 12.1 Å². The number of nitrogens with zero attached hydrogens (tertiary/aromatic N) is 1.